The molecule has 0 spiro atoms. The number of carbonyl (C=O) groups excluding carboxylic acids is 1. The maximum absolute atomic E-state index is 9.92. The first-order valence-corrected chi connectivity index (χ1v) is 4.43. The van der Waals surface area contributed by atoms with Crippen LogP contribution in [0.15, 0.2) is 24.3 Å². The molecule has 0 heterocycles. The van der Waals surface area contributed by atoms with Gasteiger partial charge in [0.1, 0.15) is 12.9 Å². The lowest BCUT2D eigenvalue weighted by Crippen LogP contribution is -2.10. The van der Waals surface area contributed by atoms with Crippen molar-refractivity contribution in [1.29, 1.82) is 0 Å². The van der Waals surface area contributed by atoms with Gasteiger partial charge in [-0.2, -0.15) is 0 Å². The van der Waals surface area contributed by atoms with Crippen LogP contribution in [0.4, 0.5) is 11.4 Å². The average Bonchev–Trinajstić information content (AvgIpc) is 2.21. The molecule has 0 unspecified atom stereocenters. The van der Waals surface area contributed by atoms with Gasteiger partial charge < -0.3 is 20.6 Å². The van der Waals surface area contributed by atoms with E-state index in [1.165, 1.54) is 0 Å². The summed E-state index contributed by atoms with van der Waals surface area (Å²) in [6.45, 7) is 1.35. The summed E-state index contributed by atoms with van der Waals surface area (Å²) in [5.74, 6) is 0. The number of carbonyl (C=O) groups is 1. The number of nitrogens with two attached hydrogens (primary N) is 1. The summed E-state index contributed by atoms with van der Waals surface area (Å²) in [6.07, 6.45) is 0.739. The van der Waals surface area contributed by atoms with Crippen LogP contribution in [-0.2, 0) is 9.53 Å². The normalized spacial score (nSPS) is 9.71. The van der Waals surface area contributed by atoms with Crippen molar-refractivity contribution in [3.8, 4) is 0 Å². The van der Waals surface area contributed by atoms with E-state index in [-0.39, 0.29) is 6.61 Å². The van der Waals surface area contributed by atoms with E-state index >= 15 is 0 Å². The number of hydrogen-bond donors (Lipinski definition) is 2. The molecule has 4 nitrogen and oxygen atoms in total. The highest BCUT2D eigenvalue weighted by Gasteiger charge is 1.91. The van der Waals surface area contributed by atoms with Gasteiger partial charge in [0.15, 0.2) is 0 Å². The molecule has 14 heavy (non-hydrogen) atoms. The number of aldehydes is 1. The molecule has 0 fully saturated rings. The highest BCUT2D eigenvalue weighted by atomic mass is 16.5. The van der Waals surface area contributed by atoms with E-state index < -0.39 is 0 Å². The Hall–Kier alpha value is -1.55. The van der Waals surface area contributed by atoms with Crippen molar-refractivity contribution in [3.63, 3.8) is 0 Å². The summed E-state index contributed by atoms with van der Waals surface area (Å²) in [5.41, 5.74) is 7.27. The molecule has 0 amide bonds. The minimum atomic E-state index is 0.156. The van der Waals surface area contributed by atoms with Gasteiger partial charge in [-0.15, -0.1) is 0 Å². The zero-order valence-corrected chi connectivity index (χ0v) is 7.90. The van der Waals surface area contributed by atoms with Gasteiger partial charge in [0.05, 0.1) is 6.61 Å². The van der Waals surface area contributed by atoms with E-state index in [0.29, 0.717) is 13.2 Å². The van der Waals surface area contributed by atoms with E-state index in [1.807, 2.05) is 24.3 Å². The van der Waals surface area contributed by atoms with Crippen LogP contribution in [-0.4, -0.2) is 26.0 Å². The van der Waals surface area contributed by atoms with Crippen LogP contribution in [0.2, 0.25) is 0 Å². The standard InChI is InChI=1S/C10H14N2O2/c11-9-1-3-10(4-2-9)12-5-7-14-8-6-13/h1-4,6,12H,5,7-8,11H2. The molecule has 1 aromatic carbocycles. The lowest BCUT2D eigenvalue weighted by atomic mass is 10.3. The summed E-state index contributed by atoms with van der Waals surface area (Å²) < 4.78 is 4.97. The summed E-state index contributed by atoms with van der Waals surface area (Å²) in [7, 11) is 0. The molecule has 4 heteroatoms. The van der Waals surface area contributed by atoms with Crippen molar-refractivity contribution < 1.29 is 9.53 Å². The number of nitrogen functional groups attached to an aromatic ring is 1. The maximum Gasteiger partial charge on any atom is 0.145 e. The van der Waals surface area contributed by atoms with Gasteiger partial charge in [-0.25, -0.2) is 0 Å². The number of anilines is 2. The number of hydrogen-bond acceptors (Lipinski definition) is 4. The molecule has 1 aromatic rings. The van der Waals surface area contributed by atoms with Crippen LogP contribution in [0.1, 0.15) is 0 Å². The van der Waals surface area contributed by atoms with E-state index in [2.05, 4.69) is 5.32 Å². The highest BCUT2D eigenvalue weighted by Crippen LogP contribution is 2.09. The minimum Gasteiger partial charge on any atom is -0.399 e. The fraction of sp³-hybridized carbons (Fsp3) is 0.300. The molecule has 0 aliphatic heterocycles. The molecule has 0 saturated heterocycles. The summed E-state index contributed by atoms with van der Waals surface area (Å²) in [6, 6.07) is 7.45. The molecule has 0 aromatic heterocycles. The Balaban J connectivity index is 2.18. The molecule has 0 atom stereocenters. The first-order chi connectivity index (χ1) is 6.83. The summed E-state index contributed by atoms with van der Waals surface area (Å²) in [4.78, 5) is 9.92. The van der Waals surface area contributed by atoms with Gasteiger partial charge in [-0.1, -0.05) is 0 Å². The third-order valence-corrected chi connectivity index (χ3v) is 1.67. The lowest BCUT2D eigenvalue weighted by molar-refractivity contribution is -0.111. The fourth-order valence-electron chi connectivity index (χ4n) is 1.000. The van der Waals surface area contributed by atoms with Crippen molar-refractivity contribution in [3.05, 3.63) is 24.3 Å². The Labute approximate surface area is 83.1 Å². The highest BCUT2D eigenvalue weighted by molar-refractivity contribution is 5.51. The Morgan fingerprint density at radius 1 is 1.36 bits per heavy atom. The Morgan fingerprint density at radius 2 is 2.07 bits per heavy atom. The molecule has 0 aliphatic rings. The van der Waals surface area contributed by atoms with E-state index in [9.17, 15) is 4.79 Å². The van der Waals surface area contributed by atoms with E-state index in [4.69, 9.17) is 10.5 Å². The molecule has 76 valence electrons. The first-order valence-electron chi connectivity index (χ1n) is 4.43. The number of benzene rings is 1. The predicted molar refractivity (Wildman–Crippen MR) is 56.2 cm³/mol. The molecule has 0 saturated carbocycles. The SMILES string of the molecule is Nc1ccc(NCCOCC=O)cc1. The topological polar surface area (TPSA) is 64.3 Å². The third kappa shape index (κ3) is 3.91. The molecule has 3 N–H and O–H groups in total. The Bertz CT molecular complexity index is 272. The second kappa shape index (κ2) is 5.99. The fourth-order valence-corrected chi connectivity index (χ4v) is 1.000. The van der Waals surface area contributed by atoms with E-state index in [0.717, 1.165) is 17.7 Å². The third-order valence-electron chi connectivity index (χ3n) is 1.67. The summed E-state index contributed by atoms with van der Waals surface area (Å²) >= 11 is 0. The second-order valence-electron chi connectivity index (χ2n) is 2.79. The minimum absolute atomic E-state index is 0.156. The van der Waals surface area contributed by atoms with Crippen LogP contribution in [0.5, 0.6) is 0 Å². The smallest absolute Gasteiger partial charge is 0.145 e. The first kappa shape index (κ1) is 10.5. The van der Waals surface area contributed by atoms with Crippen molar-refractivity contribution in [2.45, 2.75) is 0 Å². The molecule has 0 bridgehead atoms. The largest absolute Gasteiger partial charge is 0.399 e. The Morgan fingerprint density at radius 3 is 2.71 bits per heavy atom. The van der Waals surface area contributed by atoms with Gasteiger partial charge in [0.25, 0.3) is 0 Å². The lowest BCUT2D eigenvalue weighted by Gasteiger charge is -2.05. The second-order valence-corrected chi connectivity index (χ2v) is 2.79. The van der Waals surface area contributed by atoms with Gasteiger partial charge in [0, 0.05) is 17.9 Å². The van der Waals surface area contributed by atoms with Crippen LogP contribution >= 0.6 is 0 Å². The molecule has 1 rings (SSSR count). The van der Waals surface area contributed by atoms with Crippen molar-refractivity contribution >= 4 is 17.7 Å². The van der Waals surface area contributed by atoms with Crippen LogP contribution < -0.4 is 11.1 Å². The quantitative estimate of drug-likeness (QED) is 0.401. The van der Waals surface area contributed by atoms with Crippen molar-refractivity contribution in [1.82, 2.24) is 0 Å². The van der Waals surface area contributed by atoms with Crippen LogP contribution in [0.3, 0.4) is 0 Å². The zero-order chi connectivity index (χ0) is 10.2. The zero-order valence-electron chi connectivity index (χ0n) is 7.90. The summed E-state index contributed by atoms with van der Waals surface area (Å²) in [5, 5.41) is 3.13. The van der Waals surface area contributed by atoms with Crippen LogP contribution in [0, 0.1) is 0 Å². The number of rotatable bonds is 6. The van der Waals surface area contributed by atoms with Crippen molar-refractivity contribution in [2.24, 2.45) is 0 Å². The van der Waals surface area contributed by atoms with Crippen LogP contribution in [0.25, 0.3) is 0 Å². The molecular weight excluding hydrogens is 180 g/mol. The number of ether oxygens (including phenoxy) is 1. The van der Waals surface area contributed by atoms with Gasteiger partial charge in [-0.05, 0) is 24.3 Å². The van der Waals surface area contributed by atoms with Gasteiger partial charge >= 0.3 is 0 Å². The van der Waals surface area contributed by atoms with Crippen molar-refractivity contribution in [2.75, 3.05) is 30.8 Å². The average molecular weight is 194 g/mol. The van der Waals surface area contributed by atoms with Gasteiger partial charge in [-0.3, -0.25) is 0 Å². The predicted octanol–water partition coefficient (Wildman–Crippen LogP) is 0.896. The Kier molecular flexibility index (Phi) is 4.50. The monoisotopic (exact) mass is 194 g/mol. The molecule has 0 aliphatic carbocycles. The van der Waals surface area contributed by atoms with E-state index in [1.54, 1.807) is 0 Å². The van der Waals surface area contributed by atoms with Gasteiger partial charge in [0.2, 0.25) is 0 Å². The molecule has 0 radical (unpaired) electrons. The molecular formula is C10H14N2O2. The number of nitrogens with one attached hydrogen (secondary N) is 1. The maximum atomic E-state index is 9.92.